The first-order valence-corrected chi connectivity index (χ1v) is 10.9. The Kier molecular flexibility index (Phi) is 5.48. The molecule has 7 nitrogen and oxygen atoms in total. The second kappa shape index (κ2) is 7.45. The number of carbonyl (C=O) groups is 1. The Morgan fingerprint density at radius 3 is 2.68 bits per heavy atom. The highest BCUT2D eigenvalue weighted by Crippen LogP contribution is 2.29. The molecule has 1 N–H and O–H groups in total. The Morgan fingerprint density at radius 1 is 1.36 bits per heavy atom. The van der Waals surface area contributed by atoms with Crippen LogP contribution in [0, 0.1) is 0 Å². The van der Waals surface area contributed by atoms with Gasteiger partial charge in [-0.3, -0.25) is 14.8 Å². The van der Waals surface area contributed by atoms with E-state index in [4.69, 9.17) is 0 Å². The Hall–Kier alpha value is -1.41. The highest BCUT2D eigenvalue weighted by molar-refractivity contribution is 7.91. The predicted octanol–water partition coefficient (Wildman–Crippen LogP) is 0.797. The van der Waals surface area contributed by atoms with E-state index < -0.39 is 9.84 Å². The van der Waals surface area contributed by atoms with Gasteiger partial charge < -0.3 is 4.90 Å². The van der Waals surface area contributed by atoms with E-state index in [-0.39, 0.29) is 23.5 Å². The van der Waals surface area contributed by atoms with Crippen molar-refractivity contribution in [2.24, 2.45) is 0 Å². The molecule has 2 saturated heterocycles. The molecule has 1 aromatic rings. The minimum Gasteiger partial charge on any atom is -0.342 e. The van der Waals surface area contributed by atoms with Crippen LogP contribution in [0.5, 0.6) is 0 Å². The molecule has 0 unspecified atom stereocenters. The first-order valence-electron chi connectivity index (χ1n) is 9.10. The maximum absolute atomic E-state index is 12.6. The van der Waals surface area contributed by atoms with Gasteiger partial charge in [0, 0.05) is 30.7 Å². The number of hydrogen-bond donors (Lipinski definition) is 1. The van der Waals surface area contributed by atoms with Crippen molar-refractivity contribution in [3.8, 4) is 0 Å². The summed E-state index contributed by atoms with van der Waals surface area (Å²) < 4.78 is 23.2. The molecule has 8 heteroatoms. The standard InChI is InChI=1S/C17H28N4O3S/c1-3-13-10-18-19-17(13)14-4-7-21(8-5-14)16(22)11-20(2)15-6-9-25(23,24)12-15/h10,14-15H,3-9,11-12H2,1-2H3,(H,18,19)/t15-/m1/s1. The van der Waals surface area contributed by atoms with Crippen LogP contribution in [0.25, 0.3) is 0 Å². The summed E-state index contributed by atoms with van der Waals surface area (Å²) in [5.74, 6) is 0.967. The minimum atomic E-state index is -2.92. The number of aryl methyl sites for hydroxylation is 1. The normalized spacial score (nSPS) is 24.1. The van der Waals surface area contributed by atoms with Crippen molar-refractivity contribution >= 4 is 15.7 Å². The maximum atomic E-state index is 12.6. The number of piperidine rings is 1. The van der Waals surface area contributed by atoms with Crippen LogP contribution in [0.1, 0.15) is 43.4 Å². The minimum absolute atomic E-state index is 0.0244. The number of carbonyl (C=O) groups excluding carboxylic acids is 1. The van der Waals surface area contributed by atoms with E-state index in [1.54, 1.807) is 0 Å². The zero-order chi connectivity index (χ0) is 18.0. The number of likely N-dealkylation sites (tertiary alicyclic amines) is 1. The summed E-state index contributed by atoms with van der Waals surface area (Å²) >= 11 is 0. The Morgan fingerprint density at radius 2 is 2.08 bits per heavy atom. The maximum Gasteiger partial charge on any atom is 0.236 e. The van der Waals surface area contributed by atoms with E-state index in [2.05, 4.69) is 17.1 Å². The largest absolute Gasteiger partial charge is 0.342 e. The lowest BCUT2D eigenvalue weighted by Crippen LogP contribution is -2.45. The average Bonchev–Trinajstić information content (AvgIpc) is 3.20. The number of aromatic amines is 1. The lowest BCUT2D eigenvalue weighted by atomic mass is 9.91. The SMILES string of the molecule is CCc1cn[nH]c1C1CCN(C(=O)CN(C)[C@@H]2CCS(=O)(=O)C2)CC1. The van der Waals surface area contributed by atoms with Gasteiger partial charge in [0.2, 0.25) is 5.91 Å². The number of H-pyrrole nitrogens is 1. The van der Waals surface area contributed by atoms with E-state index in [0.29, 0.717) is 18.9 Å². The molecule has 2 aliphatic heterocycles. The van der Waals surface area contributed by atoms with E-state index in [1.165, 1.54) is 11.3 Å². The summed E-state index contributed by atoms with van der Waals surface area (Å²) in [5.41, 5.74) is 2.50. The van der Waals surface area contributed by atoms with Crippen LogP contribution < -0.4 is 0 Å². The van der Waals surface area contributed by atoms with Crippen LogP contribution in [0.4, 0.5) is 0 Å². The summed E-state index contributed by atoms with van der Waals surface area (Å²) in [7, 11) is -1.06. The van der Waals surface area contributed by atoms with Gasteiger partial charge in [-0.05, 0) is 38.3 Å². The summed E-state index contributed by atoms with van der Waals surface area (Å²) in [6.45, 7) is 3.94. The third-order valence-corrected chi connectivity index (χ3v) is 7.35. The van der Waals surface area contributed by atoms with Crippen molar-refractivity contribution < 1.29 is 13.2 Å². The van der Waals surface area contributed by atoms with Crippen LogP contribution in [0.3, 0.4) is 0 Å². The fourth-order valence-corrected chi connectivity index (χ4v) is 5.74. The zero-order valence-corrected chi connectivity index (χ0v) is 15.9. The lowest BCUT2D eigenvalue weighted by Gasteiger charge is -2.33. The van der Waals surface area contributed by atoms with Gasteiger partial charge >= 0.3 is 0 Å². The molecular formula is C17H28N4O3S. The van der Waals surface area contributed by atoms with Crippen LogP contribution in [-0.2, 0) is 21.1 Å². The van der Waals surface area contributed by atoms with Crippen LogP contribution >= 0.6 is 0 Å². The molecular weight excluding hydrogens is 340 g/mol. The molecule has 25 heavy (non-hydrogen) atoms. The van der Waals surface area contributed by atoms with Gasteiger partial charge in [0.25, 0.3) is 0 Å². The molecule has 0 bridgehead atoms. The highest BCUT2D eigenvalue weighted by atomic mass is 32.2. The van der Waals surface area contributed by atoms with Gasteiger partial charge in [-0.25, -0.2) is 8.42 Å². The summed E-state index contributed by atoms with van der Waals surface area (Å²) in [5, 5.41) is 7.29. The Bertz CT molecular complexity index is 707. The van der Waals surface area contributed by atoms with Crippen molar-refractivity contribution in [1.29, 1.82) is 0 Å². The topological polar surface area (TPSA) is 86.4 Å². The fourth-order valence-electron chi connectivity index (χ4n) is 3.94. The summed E-state index contributed by atoms with van der Waals surface area (Å²) in [4.78, 5) is 16.4. The number of amides is 1. The number of hydrogen-bond acceptors (Lipinski definition) is 5. The lowest BCUT2D eigenvalue weighted by molar-refractivity contribution is -0.133. The smallest absolute Gasteiger partial charge is 0.236 e. The molecule has 1 aromatic heterocycles. The number of rotatable bonds is 5. The van der Waals surface area contributed by atoms with Gasteiger partial charge in [-0.2, -0.15) is 5.10 Å². The van der Waals surface area contributed by atoms with Gasteiger partial charge in [0.15, 0.2) is 9.84 Å². The van der Waals surface area contributed by atoms with Crippen LogP contribution in [0.2, 0.25) is 0 Å². The molecule has 0 aromatic carbocycles. The van der Waals surface area contributed by atoms with Crippen molar-refractivity contribution in [3.05, 3.63) is 17.5 Å². The van der Waals surface area contributed by atoms with Gasteiger partial charge in [-0.1, -0.05) is 6.92 Å². The van der Waals surface area contributed by atoms with Gasteiger partial charge in [-0.15, -0.1) is 0 Å². The molecule has 1 amide bonds. The fraction of sp³-hybridized carbons (Fsp3) is 0.765. The van der Waals surface area contributed by atoms with E-state index in [9.17, 15) is 13.2 Å². The van der Waals surface area contributed by atoms with E-state index in [1.807, 2.05) is 23.0 Å². The molecule has 2 aliphatic rings. The molecule has 0 spiro atoms. The second-order valence-corrected chi connectivity index (χ2v) is 9.52. The molecule has 1 atom stereocenters. The first kappa shape index (κ1) is 18.4. The predicted molar refractivity (Wildman–Crippen MR) is 96.2 cm³/mol. The van der Waals surface area contributed by atoms with Gasteiger partial charge in [0.1, 0.15) is 0 Å². The molecule has 2 fully saturated rings. The van der Waals surface area contributed by atoms with Crippen LogP contribution in [-0.4, -0.2) is 78.6 Å². The Balaban J connectivity index is 1.50. The van der Waals surface area contributed by atoms with Crippen LogP contribution in [0.15, 0.2) is 6.20 Å². The van der Waals surface area contributed by atoms with E-state index >= 15 is 0 Å². The van der Waals surface area contributed by atoms with Gasteiger partial charge in [0.05, 0.1) is 24.2 Å². The molecule has 0 radical (unpaired) electrons. The number of sulfone groups is 1. The average molecular weight is 369 g/mol. The molecule has 0 saturated carbocycles. The summed E-state index contributed by atoms with van der Waals surface area (Å²) in [6.07, 6.45) is 5.40. The monoisotopic (exact) mass is 368 g/mol. The molecule has 140 valence electrons. The Labute approximate surface area is 149 Å². The zero-order valence-electron chi connectivity index (χ0n) is 15.1. The van der Waals surface area contributed by atoms with E-state index in [0.717, 1.165) is 32.4 Å². The molecule has 0 aliphatic carbocycles. The number of likely N-dealkylation sites (N-methyl/N-ethyl adjacent to an activating group) is 1. The third kappa shape index (κ3) is 4.23. The second-order valence-electron chi connectivity index (χ2n) is 7.29. The van der Waals surface area contributed by atoms with Crippen molar-refractivity contribution in [2.45, 2.75) is 44.6 Å². The quantitative estimate of drug-likeness (QED) is 0.831. The number of nitrogens with zero attached hydrogens (tertiary/aromatic N) is 3. The first-order chi connectivity index (χ1) is 11.9. The van der Waals surface area contributed by atoms with Crippen molar-refractivity contribution in [2.75, 3.05) is 38.2 Å². The number of aromatic nitrogens is 2. The van der Waals surface area contributed by atoms with Crippen molar-refractivity contribution in [3.63, 3.8) is 0 Å². The van der Waals surface area contributed by atoms with Crippen molar-refractivity contribution in [1.82, 2.24) is 20.0 Å². The molecule has 3 heterocycles. The summed E-state index contributed by atoms with van der Waals surface area (Å²) in [6, 6.07) is -0.0244. The third-order valence-electron chi connectivity index (χ3n) is 5.60. The molecule has 3 rings (SSSR count). The highest BCUT2D eigenvalue weighted by Gasteiger charge is 2.32. The number of nitrogens with one attached hydrogen (secondary N) is 1.